The van der Waals surface area contributed by atoms with Crippen LogP contribution in [0.1, 0.15) is 18.1 Å². The number of methoxy groups -OCH3 is 1. The summed E-state index contributed by atoms with van der Waals surface area (Å²) < 4.78 is 11.0. The van der Waals surface area contributed by atoms with Crippen LogP contribution < -0.4 is 9.47 Å². The number of likely N-dealkylation sites (N-methyl/N-ethyl adjacent to an activating group) is 1. The van der Waals surface area contributed by atoms with Gasteiger partial charge in [0.15, 0.2) is 0 Å². The second kappa shape index (κ2) is 9.54. The van der Waals surface area contributed by atoms with Crippen molar-refractivity contribution in [2.24, 2.45) is 0 Å². The van der Waals surface area contributed by atoms with Gasteiger partial charge in [-0.2, -0.15) is 0 Å². The summed E-state index contributed by atoms with van der Waals surface area (Å²) in [7, 11) is 1.60. The van der Waals surface area contributed by atoms with Gasteiger partial charge >= 0.3 is 5.97 Å². The van der Waals surface area contributed by atoms with Gasteiger partial charge in [0.2, 0.25) is 0 Å². The Morgan fingerprint density at radius 3 is 2.28 bits per heavy atom. The smallest absolute Gasteiger partial charge is 0.336 e. The van der Waals surface area contributed by atoms with E-state index in [1.165, 1.54) is 17.8 Å². The molecule has 0 aromatic heterocycles. The average Bonchev–Trinajstić information content (AvgIpc) is 3.00. The molecule has 2 aromatic carbocycles. The Labute approximate surface area is 179 Å². The van der Waals surface area contributed by atoms with Gasteiger partial charge in [0.05, 0.1) is 12.0 Å². The molecule has 0 bridgehead atoms. The molecule has 5 nitrogen and oxygen atoms in total. The lowest BCUT2D eigenvalue weighted by Gasteiger charge is -2.09. The van der Waals surface area contributed by atoms with Crippen LogP contribution >= 0.6 is 24.0 Å². The van der Waals surface area contributed by atoms with Crippen LogP contribution in [0.3, 0.4) is 0 Å². The molecular formula is C22H19NO4S2. The molecule has 1 aliphatic rings. The zero-order valence-electron chi connectivity index (χ0n) is 16.0. The molecule has 1 saturated heterocycles. The molecule has 7 heteroatoms. The van der Waals surface area contributed by atoms with Crippen molar-refractivity contribution < 1.29 is 19.1 Å². The van der Waals surface area contributed by atoms with Crippen LogP contribution in [0, 0.1) is 0 Å². The number of benzene rings is 2. The van der Waals surface area contributed by atoms with Gasteiger partial charge in [0.25, 0.3) is 5.91 Å². The van der Waals surface area contributed by atoms with E-state index in [2.05, 4.69) is 0 Å². The van der Waals surface area contributed by atoms with Crippen molar-refractivity contribution in [1.82, 2.24) is 4.90 Å². The monoisotopic (exact) mass is 425 g/mol. The summed E-state index contributed by atoms with van der Waals surface area (Å²) in [4.78, 5) is 26.4. The fraction of sp³-hybridized carbons (Fsp3) is 0.136. The van der Waals surface area contributed by atoms with E-state index in [-0.39, 0.29) is 5.91 Å². The molecule has 1 amide bonds. The minimum absolute atomic E-state index is 0.0818. The first kappa shape index (κ1) is 20.8. The highest BCUT2D eigenvalue weighted by Crippen LogP contribution is 2.32. The summed E-state index contributed by atoms with van der Waals surface area (Å²) in [6.07, 6.45) is 4.82. The predicted molar refractivity (Wildman–Crippen MR) is 120 cm³/mol. The van der Waals surface area contributed by atoms with Crippen LogP contribution in [0.5, 0.6) is 11.5 Å². The highest BCUT2D eigenvalue weighted by molar-refractivity contribution is 8.26. The van der Waals surface area contributed by atoms with Crippen molar-refractivity contribution in [1.29, 1.82) is 0 Å². The highest BCUT2D eigenvalue weighted by atomic mass is 32.2. The van der Waals surface area contributed by atoms with Gasteiger partial charge < -0.3 is 9.47 Å². The third-order valence-corrected chi connectivity index (χ3v) is 5.49. The second-order valence-electron chi connectivity index (χ2n) is 6.02. The van der Waals surface area contributed by atoms with Crippen LogP contribution in [0.4, 0.5) is 0 Å². The fourth-order valence-electron chi connectivity index (χ4n) is 2.59. The van der Waals surface area contributed by atoms with Gasteiger partial charge in [-0.3, -0.25) is 9.69 Å². The Morgan fingerprint density at radius 1 is 1.07 bits per heavy atom. The van der Waals surface area contributed by atoms with E-state index in [0.717, 1.165) is 16.9 Å². The van der Waals surface area contributed by atoms with E-state index >= 15 is 0 Å². The Hall–Kier alpha value is -2.90. The van der Waals surface area contributed by atoms with Crippen LogP contribution in [-0.4, -0.2) is 34.8 Å². The molecule has 0 radical (unpaired) electrons. The Balaban J connectivity index is 1.61. The quantitative estimate of drug-likeness (QED) is 0.293. The molecule has 1 heterocycles. The van der Waals surface area contributed by atoms with Crippen molar-refractivity contribution in [2.75, 3.05) is 13.7 Å². The van der Waals surface area contributed by atoms with Gasteiger partial charge in [-0.25, -0.2) is 4.79 Å². The normalized spacial score (nSPS) is 15.4. The standard InChI is InChI=1S/C22H19NO4S2/c1-3-23-21(25)19(29-22(23)28)14-16-6-11-18(12-7-16)27-20(24)13-8-15-4-9-17(26-2)10-5-15/h4-14H,3H2,1-2H3. The van der Waals surface area contributed by atoms with Crippen molar-refractivity contribution in [3.05, 3.63) is 70.6 Å². The molecular weight excluding hydrogens is 406 g/mol. The summed E-state index contributed by atoms with van der Waals surface area (Å²) in [5.41, 5.74) is 1.69. The van der Waals surface area contributed by atoms with Crippen molar-refractivity contribution >= 4 is 52.3 Å². The first-order chi connectivity index (χ1) is 14.0. The van der Waals surface area contributed by atoms with Gasteiger partial charge in [-0.15, -0.1) is 0 Å². The van der Waals surface area contributed by atoms with Crippen LogP contribution in [0.15, 0.2) is 59.5 Å². The van der Waals surface area contributed by atoms with Crippen molar-refractivity contribution in [3.63, 3.8) is 0 Å². The van der Waals surface area contributed by atoms with E-state index in [1.54, 1.807) is 48.4 Å². The van der Waals surface area contributed by atoms with E-state index in [0.29, 0.717) is 21.5 Å². The number of rotatable bonds is 6. The zero-order chi connectivity index (χ0) is 20.8. The second-order valence-corrected chi connectivity index (χ2v) is 7.70. The minimum Gasteiger partial charge on any atom is -0.497 e. The molecule has 0 atom stereocenters. The summed E-state index contributed by atoms with van der Waals surface area (Å²) in [6.45, 7) is 2.45. The van der Waals surface area contributed by atoms with E-state index < -0.39 is 5.97 Å². The summed E-state index contributed by atoms with van der Waals surface area (Å²) in [5, 5.41) is 0. The number of hydrogen-bond donors (Lipinski definition) is 0. The first-order valence-corrected chi connectivity index (χ1v) is 10.1. The molecule has 0 unspecified atom stereocenters. The number of hydrogen-bond acceptors (Lipinski definition) is 6. The summed E-state index contributed by atoms with van der Waals surface area (Å²) >= 11 is 6.50. The SMILES string of the molecule is CCN1C(=O)C(=Cc2ccc(OC(=O)C=Cc3ccc(OC)cc3)cc2)SC1=S. The Bertz CT molecular complexity index is 979. The average molecular weight is 426 g/mol. The number of amides is 1. The molecule has 0 aliphatic carbocycles. The number of thiocarbonyl (C=S) groups is 1. The van der Waals surface area contributed by atoms with E-state index in [9.17, 15) is 9.59 Å². The molecule has 0 saturated carbocycles. The molecule has 0 N–H and O–H groups in total. The maximum atomic E-state index is 12.3. The highest BCUT2D eigenvalue weighted by Gasteiger charge is 2.30. The third kappa shape index (κ3) is 5.34. The number of carbonyl (C=O) groups excluding carboxylic acids is 2. The molecule has 1 fully saturated rings. The Morgan fingerprint density at radius 2 is 1.69 bits per heavy atom. The van der Waals surface area contributed by atoms with Gasteiger partial charge in [-0.1, -0.05) is 48.2 Å². The number of ether oxygens (including phenoxy) is 2. The van der Waals surface area contributed by atoms with Gasteiger partial charge in [0.1, 0.15) is 15.8 Å². The third-order valence-electron chi connectivity index (χ3n) is 4.11. The maximum Gasteiger partial charge on any atom is 0.336 e. The number of carbonyl (C=O) groups is 2. The van der Waals surface area contributed by atoms with E-state index in [1.807, 2.05) is 31.2 Å². The minimum atomic E-state index is -0.475. The molecule has 3 rings (SSSR count). The van der Waals surface area contributed by atoms with Crippen molar-refractivity contribution in [3.8, 4) is 11.5 Å². The predicted octanol–water partition coefficient (Wildman–Crippen LogP) is 4.54. The number of thioether (sulfide) groups is 1. The summed E-state index contributed by atoms with van der Waals surface area (Å²) in [5.74, 6) is 0.619. The fourth-order valence-corrected chi connectivity index (χ4v) is 3.97. The Kier molecular flexibility index (Phi) is 6.85. The maximum absolute atomic E-state index is 12.3. The topological polar surface area (TPSA) is 55.8 Å². The van der Waals surface area contributed by atoms with E-state index in [4.69, 9.17) is 21.7 Å². The van der Waals surface area contributed by atoms with Crippen LogP contribution in [0.25, 0.3) is 12.2 Å². The van der Waals surface area contributed by atoms with Gasteiger partial charge in [0, 0.05) is 12.6 Å². The van der Waals surface area contributed by atoms with Gasteiger partial charge in [-0.05, 0) is 54.5 Å². The number of esters is 1. The largest absolute Gasteiger partial charge is 0.497 e. The lowest BCUT2D eigenvalue weighted by molar-refractivity contribution is -0.129. The van der Waals surface area contributed by atoms with Crippen molar-refractivity contribution in [2.45, 2.75) is 6.92 Å². The molecule has 148 valence electrons. The molecule has 0 spiro atoms. The van der Waals surface area contributed by atoms with Crippen LogP contribution in [-0.2, 0) is 9.59 Å². The molecule has 2 aromatic rings. The zero-order valence-corrected chi connectivity index (χ0v) is 17.6. The number of nitrogens with zero attached hydrogens (tertiary/aromatic N) is 1. The molecule has 29 heavy (non-hydrogen) atoms. The van der Waals surface area contributed by atoms with Crippen LogP contribution in [0.2, 0.25) is 0 Å². The lowest BCUT2D eigenvalue weighted by Crippen LogP contribution is -2.27. The molecule has 1 aliphatic heterocycles. The lowest BCUT2D eigenvalue weighted by atomic mass is 10.2. The summed E-state index contributed by atoms with van der Waals surface area (Å²) in [6, 6.07) is 14.3. The first-order valence-electron chi connectivity index (χ1n) is 8.89.